The second-order valence-electron chi connectivity index (χ2n) is 8.66. The van der Waals surface area contributed by atoms with Crippen LogP contribution in [0.4, 0.5) is 16.2 Å². The lowest BCUT2D eigenvalue weighted by Gasteiger charge is -1.97. The maximum absolute atomic E-state index is 10.4. The first-order valence-corrected chi connectivity index (χ1v) is 15.5. The molecule has 1 fully saturated rings. The molecule has 0 aliphatic carbocycles. The summed E-state index contributed by atoms with van der Waals surface area (Å²) in [5.74, 6) is 5.31. The van der Waals surface area contributed by atoms with Gasteiger partial charge in [-0.2, -0.15) is 5.06 Å². The van der Waals surface area contributed by atoms with Crippen molar-refractivity contribution in [3.8, 4) is 0 Å². The highest BCUT2D eigenvalue weighted by Gasteiger charge is 2.37. The number of nitrogens with zero attached hydrogens (tertiary/aromatic N) is 2. The molecule has 41 heavy (non-hydrogen) atoms. The Morgan fingerprint density at radius 2 is 1.37 bits per heavy atom. The zero-order valence-corrected chi connectivity index (χ0v) is 30.3. The van der Waals surface area contributed by atoms with Crippen LogP contribution in [0.2, 0.25) is 0 Å². The number of carbonyl (C=O) groups is 2. The highest BCUT2D eigenvalue weighted by Crippen LogP contribution is 2.20. The van der Waals surface area contributed by atoms with E-state index in [0.29, 0.717) is 0 Å². The van der Waals surface area contributed by atoms with Crippen molar-refractivity contribution in [2.24, 2.45) is 12.9 Å². The fourth-order valence-corrected chi connectivity index (χ4v) is 4.12. The number of ether oxygens (including phenoxy) is 1. The number of aryl methyl sites for hydroxylation is 2. The number of fused-ring (bicyclic) bond motifs is 1. The number of benzene rings is 3. The second-order valence-corrected chi connectivity index (χ2v) is 12.4. The molecule has 5 N–H and O–H groups in total. The largest absolute Gasteiger partial charge is 0.451 e. The monoisotopic (exact) mass is 899 g/mol. The lowest BCUT2D eigenvalue weighted by Crippen LogP contribution is -2.10. The number of anilines is 2. The normalized spacial score (nSPS) is 12.5. The summed E-state index contributed by atoms with van der Waals surface area (Å²) in [6.07, 6.45) is -0.528. The number of amides is 1. The van der Waals surface area contributed by atoms with Gasteiger partial charge in [0.05, 0.1) is 7.11 Å². The molecule has 2 heterocycles. The Kier molecular flexibility index (Phi) is 17.2. The van der Waals surface area contributed by atoms with Crippen molar-refractivity contribution < 1.29 is 19.2 Å². The van der Waals surface area contributed by atoms with E-state index in [4.69, 9.17) is 11.6 Å². The van der Waals surface area contributed by atoms with E-state index in [1.165, 1.54) is 48.3 Å². The number of hydrogen-bond acceptors (Lipinski definition) is 7. The average molecular weight is 899 g/mol. The molecule has 12 heteroatoms. The van der Waals surface area contributed by atoms with Crippen molar-refractivity contribution in [3.05, 3.63) is 89.2 Å². The summed E-state index contributed by atoms with van der Waals surface area (Å²) in [5, 5.41) is 2.49. The molecule has 1 atom stereocenters. The molecule has 1 saturated heterocycles. The van der Waals surface area contributed by atoms with Gasteiger partial charge in [0.2, 0.25) is 0 Å². The molecule has 3 aromatic carbocycles. The van der Waals surface area contributed by atoms with Gasteiger partial charge in [-0.05, 0) is 168 Å². The lowest BCUT2D eigenvalue weighted by molar-refractivity contribution is -0.115. The van der Waals surface area contributed by atoms with Crippen molar-refractivity contribution in [1.82, 2.24) is 9.63 Å². The van der Waals surface area contributed by atoms with E-state index in [1.54, 1.807) is 6.92 Å². The zero-order chi connectivity index (χ0) is 31.1. The number of hydrogen-bond donors (Lipinski definition) is 3. The van der Waals surface area contributed by atoms with Crippen molar-refractivity contribution in [2.75, 3.05) is 18.3 Å². The SMILES string of the molecule is CC(C)=O.COC(=O)N1OC1C.Cc1cc2cc(I)ccc2n1C.NNc1ccc(I)cc1.Nc1ccc(I)cc1. The van der Waals surface area contributed by atoms with Crippen molar-refractivity contribution in [1.29, 1.82) is 0 Å². The summed E-state index contributed by atoms with van der Waals surface area (Å²) in [7, 11) is 3.42. The number of ketones is 1. The topological polar surface area (TPSA) is 128 Å². The number of hydroxylamine groups is 2. The Morgan fingerprint density at radius 1 is 0.902 bits per heavy atom. The molecule has 9 nitrogen and oxygen atoms in total. The Balaban J connectivity index is 0.000000266. The molecule has 1 aromatic heterocycles. The van der Waals surface area contributed by atoms with Crippen LogP contribution in [-0.4, -0.2) is 34.8 Å². The Hall–Kier alpha value is -2.15. The molecule has 1 amide bonds. The molecule has 0 radical (unpaired) electrons. The number of nitrogen functional groups attached to an aromatic ring is 2. The molecule has 0 spiro atoms. The molecule has 1 aliphatic rings. The molecule has 1 unspecified atom stereocenters. The van der Waals surface area contributed by atoms with Crippen LogP contribution in [0.1, 0.15) is 26.5 Å². The van der Waals surface area contributed by atoms with Crippen LogP contribution in [0, 0.1) is 17.6 Å². The quantitative estimate of drug-likeness (QED) is 0.0595. The van der Waals surface area contributed by atoms with Crippen LogP contribution in [0.5, 0.6) is 0 Å². The minimum atomic E-state index is -0.433. The predicted molar refractivity (Wildman–Crippen MR) is 192 cm³/mol. The molecule has 4 aromatic rings. The summed E-state index contributed by atoms with van der Waals surface area (Å²) in [6.45, 7) is 6.95. The Labute approximate surface area is 282 Å². The van der Waals surface area contributed by atoms with Gasteiger partial charge in [0, 0.05) is 45.7 Å². The molecule has 222 valence electrons. The fourth-order valence-electron chi connectivity index (χ4n) is 2.89. The van der Waals surface area contributed by atoms with E-state index in [2.05, 4.69) is 126 Å². The van der Waals surface area contributed by atoms with Crippen LogP contribution < -0.4 is 17.0 Å². The molecule has 1 aliphatic heterocycles. The minimum Gasteiger partial charge on any atom is -0.451 e. The molecule has 5 rings (SSSR count). The van der Waals surface area contributed by atoms with Gasteiger partial charge in [-0.15, -0.1) is 0 Å². The van der Waals surface area contributed by atoms with E-state index < -0.39 is 6.09 Å². The first kappa shape index (κ1) is 36.9. The van der Waals surface area contributed by atoms with E-state index in [1.807, 2.05) is 48.5 Å². The summed E-state index contributed by atoms with van der Waals surface area (Å²) in [5.41, 5.74) is 12.4. The molecular formula is C29H36I3N5O4. The van der Waals surface area contributed by atoms with Gasteiger partial charge >= 0.3 is 6.09 Å². The van der Waals surface area contributed by atoms with E-state index in [0.717, 1.165) is 16.4 Å². The summed E-state index contributed by atoms with van der Waals surface area (Å²) in [6, 6.07) is 24.3. The van der Waals surface area contributed by atoms with Gasteiger partial charge in [-0.3, -0.25) is 5.84 Å². The fraction of sp³-hybridized carbons (Fsp3) is 0.241. The summed E-state index contributed by atoms with van der Waals surface area (Å²) in [4.78, 5) is 24.4. The van der Waals surface area contributed by atoms with Gasteiger partial charge in [-0.25, -0.2) is 9.63 Å². The standard InChI is InChI=1S/C10H10IN.C6H7IN2.C6H6IN.C4H7NO3.C3H6O/c1-7-5-8-6-9(11)3-4-10(8)12(7)2;7-5-1-3-6(9-8)4-2-5;7-5-1-3-6(8)4-2-5;1-3-5(8-3)4(6)7-2;1-3(2)4/h3-6H,1-2H3;1-4,9H,8H2;1-4H,8H2;3H,1-2H3;1-2H3. The first-order valence-electron chi connectivity index (χ1n) is 12.2. The number of hydrazine groups is 1. The highest BCUT2D eigenvalue weighted by atomic mass is 127. The third kappa shape index (κ3) is 15.1. The molecule has 0 bridgehead atoms. The summed E-state index contributed by atoms with van der Waals surface area (Å²) < 4.78 is 10.3. The molecule has 0 saturated carbocycles. The van der Waals surface area contributed by atoms with Crippen LogP contribution in [0.3, 0.4) is 0 Å². The Morgan fingerprint density at radius 3 is 1.76 bits per heavy atom. The maximum Gasteiger partial charge on any atom is 0.436 e. The van der Waals surface area contributed by atoms with Gasteiger partial charge in [0.15, 0.2) is 6.23 Å². The number of rotatable bonds is 1. The van der Waals surface area contributed by atoms with Crippen molar-refractivity contribution in [3.63, 3.8) is 0 Å². The number of carbonyl (C=O) groups excluding carboxylic acids is 2. The Bertz CT molecular complexity index is 1350. The van der Waals surface area contributed by atoms with Crippen LogP contribution in [-0.2, 0) is 21.4 Å². The van der Waals surface area contributed by atoms with E-state index >= 15 is 0 Å². The van der Waals surface area contributed by atoms with Crippen LogP contribution in [0.15, 0.2) is 72.8 Å². The number of halogens is 3. The maximum atomic E-state index is 10.4. The minimum absolute atomic E-state index is 0.0950. The number of nitrogens with two attached hydrogens (primary N) is 2. The van der Waals surface area contributed by atoms with Crippen molar-refractivity contribution in [2.45, 2.75) is 33.9 Å². The number of aromatic nitrogens is 1. The first-order chi connectivity index (χ1) is 19.3. The van der Waals surface area contributed by atoms with E-state index in [-0.39, 0.29) is 12.0 Å². The van der Waals surface area contributed by atoms with Gasteiger partial charge in [-0.1, -0.05) is 0 Å². The lowest BCUT2D eigenvalue weighted by atomic mass is 10.2. The number of nitrogens with one attached hydrogen (secondary N) is 1. The van der Waals surface area contributed by atoms with Gasteiger partial charge < -0.3 is 25.3 Å². The zero-order valence-electron chi connectivity index (χ0n) is 23.8. The summed E-state index contributed by atoms with van der Waals surface area (Å²) >= 11 is 6.82. The van der Waals surface area contributed by atoms with E-state index in [9.17, 15) is 9.59 Å². The highest BCUT2D eigenvalue weighted by molar-refractivity contribution is 14.1. The van der Waals surface area contributed by atoms with Gasteiger partial charge in [0.25, 0.3) is 0 Å². The van der Waals surface area contributed by atoms with Crippen LogP contribution >= 0.6 is 67.8 Å². The number of methoxy groups -OCH3 is 1. The number of Topliss-reactive ketones (excluding diaryl/α,β-unsaturated/α-hetero) is 1. The third-order valence-corrected chi connectivity index (χ3v) is 7.14. The van der Waals surface area contributed by atoms with Crippen molar-refractivity contribution >= 4 is 102 Å². The second kappa shape index (κ2) is 19.1. The smallest absolute Gasteiger partial charge is 0.436 e. The van der Waals surface area contributed by atoms with Crippen LogP contribution in [0.25, 0.3) is 10.9 Å². The predicted octanol–water partition coefficient (Wildman–Crippen LogP) is 7.48. The average Bonchev–Trinajstić information content (AvgIpc) is 3.60. The van der Waals surface area contributed by atoms with Gasteiger partial charge in [0.1, 0.15) is 5.78 Å². The molecular weight excluding hydrogens is 863 g/mol. The third-order valence-electron chi connectivity index (χ3n) is 5.03.